The lowest BCUT2D eigenvalue weighted by atomic mass is 10.1. The molecule has 3 aromatic heterocycles. The average molecular weight is 344 g/mol. The highest BCUT2D eigenvalue weighted by Gasteiger charge is 2.12. The first kappa shape index (κ1) is 14.7. The Morgan fingerprint density at radius 3 is 2.81 bits per heavy atom. The molecule has 0 aliphatic heterocycles. The van der Waals surface area contributed by atoms with E-state index in [1.54, 1.807) is 7.11 Å². The number of rotatable bonds is 3. The topological polar surface area (TPSA) is 91.5 Å². The summed E-state index contributed by atoms with van der Waals surface area (Å²) < 4.78 is 5.33. The Balaban J connectivity index is 1.66. The van der Waals surface area contributed by atoms with E-state index in [0.29, 0.717) is 5.82 Å². The number of pyridine rings is 1. The number of nitrogens with zero attached hydrogens (tertiary/aromatic N) is 3. The zero-order valence-corrected chi connectivity index (χ0v) is 14.3. The first-order valence-electron chi connectivity index (χ1n) is 8.26. The molecule has 0 radical (unpaired) electrons. The summed E-state index contributed by atoms with van der Waals surface area (Å²) in [6.07, 6.45) is 1.89. The van der Waals surface area contributed by atoms with Gasteiger partial charge in [-0.05, 0) is 37.3 Å². The van der Waals surface area contributed by atoms with Crippen molar-refractivity contribution in [2.24, 2.45) is 0 Å². The number of aryl methyl sites for hydroxylation is 1. The van der Waals surface area contributed by atoms with Gasteiger partial charge in [0.15, 0.2) is 5.82 Å². The van der Waals surface area contributed by atoms with Crippen LogP contribution in [0.1, 0.15) is 5.82 Å². The van der Waals surface area contributed by atoms with Crippen molar-refractivity contribution in [3.05, 3.63) is 48.4 Å². The summed E-state index contributed by atoms with van der Waals surface area (Å²) in [6.45, 7) is 1.94. The van der Waals surface area contributed by atoms with Gasteiger partial charge in [-0.15, -0.1) is 0 Å². The molecule has 5 aromatic rings. The molecule has 0 aliphatic carbocycles. The Hall–Kier alpha value is -3.61. The molecule has 128 valence electrons. The van der Waals surface area contributed by atoms with Gasteiger partial charge in [-0.1, -0.05) is 0 Å². The van der Waals surface area contributed by atoms with Gasteiger partial charge in [0.05, 0.1) is 23.7 Å². The normalized spacial score (nSPS) is 11.5. The number of methoxy groups -OCH3 is 1. The lowest BCUT2D eigenvalue weighted by Gasteiger charge is -2.09. The Morgan fingerprint density at radius 2 is 1.92 bits per heavy atom. The summed E-state index contributed by atoms with van der Waals surface area (Å²) in [7, 11) is 1.65. The van der Waals surface area contributed by atoms with Crippen molar-refractivity contribution in [2.75, 3.05) is 12.4 Å². The fraction of sp³-hybridized carbons (Fsp3) is 0.105. The second kappa shape index (κ2) is 5.45. The van der Waals surface area contributed by atoms with Gasteiger partial charge in [-0.2, -0.15) is 5.10 Å². The SMILES string of the molecule is COc1ccc2c(c1)nc(Nc1ccc3[nH]c(C)nc3c1)c1n[nH]cc12. The predicted molar refractivity (Wildman–Crippen MR) is 102 cm³/mol. The van der Waals surface area contributed by atoms with Crippen molar-refractivity contribution in [1.29, 1.82) is 0 Å². The number of imidazole rings is 1. The summed E-state index contributed by atoms with van der Waals surface area (Å²) in [5.74, 6) is 2.35. The smallest absolute Gasteiger partial charge is 0.159 e. The first-order valence-corrected chi connectivity index (χ1v) is 8.26. The molecule has 0 saturated heterocycles. The maximum atomic E-state index is 5.33. The maximum Gasteiger partial charge on any atom is 0.159 e. The third kappa shape index (κ3) is 2.25. The van der Waals surface area contributed by atoms with E-state index < -0.39 is 0 Å². The molecule has 7 heteroatoms. The number of ether oxygens (including phenoxy) is 1. The van der Waals surface area contributed by atoms with Crippen LogP contribution in [0, 0.1) is 6.92 Å². The number of hydrogen-bond acceptors (Lipinski definition) is 5. The monoisotopic (exact) mass is 344 g/mol. The largest absolute Gasteiger partial charge is 0.497 e. The minimum Gasteiger partial charge on any atom is -0.497 e. The molecular weight excluding hydrogens is 328 g/mol. The molecule has 0 bridgehead atoms. The lowest BCUT2D eigenvalue weighted by molar-refractivity contribution is 0.415. The summed E-state index contributed by atoms with van der Waals surface area (Å²) in [6, 6.07) is 11.8. The summed E-state index contributed by atoms with van der Waals surface area (Å²) in [4.78, 5) is 12.5. The number of nitrogens with one attached hydrogen (secondary N) is 3. The molecule has 0 amide bonds. The fourth-order valence-electron chi connectivity index (χ4n) is 3.24. The minimum absolute atomic E-state index is 0.689. The molecule has 0 aliphatic rings. The fourth-order valence-corrected chi connectivity index (χ4v) is 3.24. The molecule has 0 atom stereocenters. The summed E-state index contributed by atoms with van der Waals surface area (Å²) >= 11 is 0. The number of hydrogen-bond donors (Lipinski definition) is 3. The minimum atomic E-state index is 0.689. The molecule has 0 fully saturated rings. The molecule has 26 heavy (non-hydrogen) atoms. The van der Waals surface area contributed by atoms with Crippen LogP contribution in [0.25, 0.3) is 32.8 Å². The number of aromatic nitrogens is 5. The summed E-state index contributed by atoms with van der Waals surface area (Å²) in [5, 5.41) is 12.7. The number of fused-ring (bicyclic) bond motifs is 4. The maximum absolute atomic E-state index is 5.33. The second-order valence-electron chi connectivity index (χ2n) is 6.17. The van der Waals surface area contributed by atoms with Gasteiger partial charge in [0, 0.05) is 28.7 Å². The standard InChI is InChI=1S/C19H16N6O/c1-10-21-15-6-3-11(7-17(15)22-10)23-19-18-14(9-20-25-18)13-5-4-12(26-2)8-16(13)24-19/h3-9H,1-2H3,(H,20,25)(H,21,22)(H,23,24). The van der Waals surface area contributed by atoms with Crippen LogP contribution in [0.15, 0.2) is 42.6 Å². The van der Waals surface area contributed by atoms with Crippen LogP contribution < -0.4 is 10.1 Å². The highest BCUT2D eigenvalue weighted by Crippen LogP contribution is 2.31. The van der Waals surface area contributed by atoms with E-state index >= 15 is 0 Å². The Kier molecular flexibility index (Phi) is 3.08. The van der Waals surface area contributed by atoms with Crippen molar-refractivity contribution < 1.29 is 4.74 Å². The van der Waals surface area contributed by atoms with Crippen LogP contribution in [-0.2, 0) is 0 Å². The number of aromatic amines is 2. The van der Waals surface area contributed by atoms with E-state index in [1.165, 1.54) is 0 Å². The first-order chi connectivity index (χ1) is 12.7. The van der Waals surface area contributed by atoms with Crippen molar-refractivity contribution in [3.63, 3.8) is 0 Å². The van der Waals surface area contributed by atoms with Crippen LogP contribution in [0.5, 0.6) is 5.75 Å². The van der Waals surface area contributed by atoms with Crippen molar-refractivity contribution >= 4 is 44.3 Å². The van der Waals surface area contributed by atoms with E-state index in [4.69, 9.17) is 9.72 Å². The third-order valence-electron chi connectivity index (χ3n) is 4.46. The van der Waals surface area contributed by atoms with E-state index in [2.05, 4.69) is 25.5 Å². The van der Waals surface area contributed by atoms with E-state index in [9.17, 15) is 0 Å². The van der Waals surface area contributed by atoms with Gasteiger partial charge in [0.2, 0.25) is 0 Å². The van der Waals surface area contributed by atoms with E-state index in [0.717, 1.165) is 50.1 Å². The molecule has 3 N–H and O–H groups in total. The lowest BCUT2D eigenvalue weighted by Crippen LogP contribution is -1.96. The van der Waals surface area contributed by atoms with Crippen LogP contribution in [0.4, 0.5) is 11.5 Å². The third-order valence-corrected chi connectivity index (χ3v) is 4.46. The molecule has 2 aromatic carbocycles. The summed E-state index contributed by atoms with van der Waals surface area (Å²) in [5.41, 5.74) is 4.46. The van der Waals surface area contributed by atoms with Crippen LogP contribution in [0.3, 0.4) is 0 Å². The number of anilines is 2. The van der Waals surface area contributed by atoms with Gasteiger partial charge in [-0.3, -0.25) is 5.10 Å². The predicted octanol–water partition coefficient (Wildman–Crippen LogP) is 4.05. The highest BCUT2D eigenvalue weighted by atomic mass is 16.5. The average Bonchev–Trinajstić information content (AvgIpc) is 3.27. The molecule has 5 rings (SSSR count). The van der Waals surface area contributed by atoms with Crippen LogP contribution >= 0.6 is 0 Å². The Morgan fingerprint density at radius 1 is 1.00 bits per heavy atom. The Labute approximate surface area is 148 Å². The zero-order chi connectivity index (χ0) is 17.7. The number of benzene rings is 2. The van der Waals surface area contributed by atoms with E-state index in [-0.39, 0.29) is 0 Å². The molecule has 0 unspecified atom stereocenters. The van der Waals surface area contributed by atoms with E-state index in [1.807, 2.05) is 49.5 Å². The van der Waals surface area contributed by atoms with Crippen molar-refractivity contribution in [1.82, 2.24) is 25.1 Å². The molecular formula is C19H16N6O. The molecule has 0 spiro atoms. The van der Waals surface area contributed by atoms with Gasteiger partial charge >= 0.3 is 0 Å². The number of H-pyrrole nitrogens is 2. The molecule has 7 nitrogen and oxygen atoms in total. The zero-order valence-electron chi connectivity index (χ0n) is 14.3. The molecule has 3 heterocycles. The van der Waals surface area contributed by atoms with Gasteiger partial charge < -0.3 is 15.0 Å². The van der Waals surface area contributed by atoms with Gasteiger partial charge in [-0.25, -0.2) is 9.97 Å². The second-order valence-corrected chi connectivity index (χ2v) is 6.17. The highest BCUT2D eigenvalue weighted by molar-refractivity contribution is 6.09. The quantitative estimate of drug-likeness (QED) is 0.459. The van der Waals surface area contributed by atoms with Gasteiger partial charge in [0.25, 0.3) is 0 Å². The molecule has 0 saturated carbocycles. The van der Waals surface area contributed by atoms with Crippen LogP contribution in [-0.4, -0.2) is 32.3 Å². The van der Waals surface area contributed by atoms with Crippen molar-refractivity contribution in [3.8, 4) is 5.75 Å². The Bertz CT molecular complexity index is 1270. The van der Waals surface area contributed by atoms with Crippen molar-refractivity contribution in [2.45, 2.75) is 6.92 Å². The van der Waals surface area contributed by atoms with Crippen LogP contribution in [0.2, 0.25) is 0 Å². The van der Waals surface area contributed by atoms with Gasteiger partial charge in [0.1, 0.15) is 17.1 Å².